The van der Waals surface area contributed by atoms with Crippen LogP contribution in [0.5, 0.6) is 0 Å². The fourth-order valence-corrected chi connectivity index (χ4v) is 3.52. The van der Waals surface area contributed by atoms with Crippen molar-refractivity contribution in [3.8, 4) is 0 Å². The van der Waals surface area contributed by atoms with Crippen LogP contribution in [0.1, 0.15) is 34.1 Å². The van der Waals surface area contributed by atoms with E-state index in [2.05, 4.69) is 0 Å². The van der Waals surface area contributed by atoms with Crippen LogP contribution in [0.2, 0.25) is 0 Å². The highest BCUT2D eigenvalue weighted by molar-refractivity contribution is 5.68. The van der Waals surface area contributed by atoms with Gasteiger partial charge in [-0.25, -0.2) is 0 Å². The normalized spacial score (nSPS) is 31.6. The van der Waals surface area contributed by atoms with E-state index in [0.717, 1.165) is 0 Å². The molecule has 140 valence electrons. The van der Waals surface area contributed by atoms with Crippen molar-refractivity contribution in [2.45, 2.75) is 64.6 Å². The predicted molar refractivity (Wildman–Crippen MR) is 82.2 cm³/mol. The number of piperidine rings is 1. The number of rotatable bonds is 4. The third-order valence-electron chi connectivity index (χ3n) is 4.15. The Morgan fingerprint density at radius 3 is 1.76 bits per heavy atom. The quantitative estimate of drug-likeness (QED) is 0.499. The van der Waals surface area contributed by atoms with Gasteiger partial charge in [0.05, 0.1) is 6.04 Å². The van der Waals surface area contributed by atoms with Crippen LogP contribution in [0.15, 0.2) is 0 Å². The standard InChI is InChI=1S/C16H23NO8/c1-8(18)22-12-5-13-15(24-10(3)20)16(25-11(4)21)14(23-9(2)19)7-17(13)6-12/h12-16H,5-7H2,1-4H3/t12-,13+,14+,15-,16-/m1/s1. The van der Waals surface area contributed by atoms with Crippen LogP contribution < -0.4 is 0 Å². The molecule has 0 aliphatic carbocycles. The van der Waals surface area contributed by atoms with Crippen LogP contribution in [-0.4, -0.2) is 72.3 Å². The van der Waals surface area contributed by atoms with Crippen molar-refractivity contribution < 1.29 is 38.1 Å². The summed E-state index contributed by atoms with van der Waals surface area (Å²) in [5.41, 5.74) is 0. The Labute approximate surface area is 145 Å². The number of carbonyl (C=O) groups excluding carboxylic acids is 4. The number of carbonyl (C=O) groups is 4. The topological polar surface area (TPSA) is 108 Å². The van der Waals surface area contributed by atoms with Gasteiger partial charge in [0.1, 0.15) is 6.10 Å². The lowest BCUT2D eigenvalue weighted by molar-refractivity contribution is -0.200. The maximum atomic E-state index is 11.5. The van der Waals surface area contributed by atoms with Gasteiger partial charge in [-0.3, -0.25) is 24.1 Å². The first-order valence-corrected chi connectivity index (χ1v) is 8.10. The van der Waals surface area contributed by atoms with Gasteiger partial charge in [-0.05, 0) is 0 Å². The zero-order valence-corrected chi connectivity index (χ0v) is 14.7. The van der Waals surface area contributed by atoms with E-state index in [1.807, 2.05) is 4.90 Å². The molecule has 0 unspecified atom stereocenters. The SMILES string of the molecule is CC(=O)O[C@@H]1C[C@H]2[C@@H](OC(C)=O)[C@H](OC(C)=O)[C@@H](OC(C)=O)CN2C1. The van der Waals surface area contributed by atoms with E-state index in [1.165, 1.54) is 27.7 Å². The van der Waals surface area contributed by atoms with Gasteiger partial charge in [0.2, 0.25) is 0 Å². The summed E-state index contributed by atoms with van der Waals surface area (Å²) in [6.07, 6.45) is -2.45. The Hall–Kier alpha value is -2.16. The molecular formula is C16H23NO8. The van der Waals surface area contributed by atoms with Gasteiger partial charge in [-0.1, -0.05) is 0 Å². The summed E-state index contributed by atoms with van der Waals surface area (Å²) in [6, 6.07) is -0.301. The number of fused-ring (bicyclic) bond motifs is 1. The van der Waals surface area contributed by atoms with Crippen LogP contribution in [0.4, 0.5) is 0 Å². The number of hydrogen-bond donors (Lipinski definition) is 0. The minimum atomic E-state index is -0.914. The van der Waals surface area contributed by atoms with Crippen molar-refractivity contribution in [3.05, 3.63) is 0 Å². The Morgan fingerprint density at radius 1 is 0.720 bits per heavy atom. The van der Waals surface area contributed by atoms with E-state index < -0.39 is 42.2 Å². The predicted octanol–water partition coefficient (Wildman–Crippen LogP) is -0.199. The van der Waals surface area contributed by atoms with Gasteiger partial charge in [0.15, 0.2) is 18.3 Å². The summed E-state index contributed by atoms with van der Waals surface area (Å²) in [4.78, 5) is 47.6. The van der Waals surface area contributed by atoms with Crippen molar-refractivity contribution in [3.63, 3.8) is 0 Å². The van der Waals surface area contributed by atoms with E-state index in [9.17, 15) is 19.2 Å². The van der Waals surface area contributed by atoms with Gasteiger partial charge < -0.3 is 18.9 Å². The van der Waals surface area contributed by atoms with Crippen molar-refractivity contribution >= 4 is 23.9 Å². The number of hydrogen-bond acceptors (Lipinski definition) is 9. The molecule has 0 aromatic carbocycles. The van der Waals surface area contributed by atoms with Gasteiger partial charge >= 0.3 is 23.9 Å². The molecule has 0 spiro atoms. The van der Waals surface area contributed by atoms with Crippen molar-refractivity contribution in [1.82, 2.24) is 4.90 Å². The summed E-state index contributed by atoms with van der Waals surface area (Å²) < 4.78 is 21.2. The molecule has 0 bridgehead atoms. The van der Waals surface area contributed by atoms with Crippen LogP contribution in [0.25, 0.3) is 0 Å². The van der Waals surface area contributed by atoms with Crippen LogP contribution >= 0.6 is 0 Å². The first kappa shape index (κ1) is 19.2. The molecule has 9 heteroatoms. The van der Waals surface area contributed by atoms with E-state index in [1.54, 1.807) is 0 Å². The molecule has 0 saturated carbocycles. The summed E-state index contributed by atoms with van der Waals surface area (Å²) in [6.45, 7) is 5.78. The number of ether oxygens (including phenoxy) is 4. The van der Waals surface area contributed by atoms with Gasteiger partial charge in [0.25, 0.3) is 0 Å². The maximum Gasteiger partial charge on any atom is 0.303 e. The fourth-order valence-electron chi connectivity index (χ4n) is 3.52. The largest absolute Gasteiger partial charge is 0.461 e. The summed E-state index contributed by atoms with van der Waals surface area (Å²) in [7, 11) is 0. The minimum Gasteiger partial charge on any atom is -0.461 e. The van der Waals surface area contributed by atoms with E-state index >= 15 is 0 Å². The maximum absolute atomic E-state index is 11.5. The molecule has 0 amide bonds. The second-order valence-corrected chi connectivity index (χ2v) is 6.28. The molecule has 2 saturated heterocycles. The Morgan fingerprint density at radius 2 is 1.24 bits per heavy atom. The van der Waals surface area contributed by atoms with E-state index in [0.29, 0.717) is 13.0 Å². The third-order valence-corrected chi connectivity index (χ3v) is 4.15. The van der Waals surface area contributed by atoms with Gasteiger partial charge in [-0.2, -0.15) is 0 Å². The Kier molecular flexibility index (Phi) is 5.99. The monoisotopic (exact) mass is 357 g/mol. The summed E-state index contributed by atoms with van der Waals surface area (Å²) in [5.74, 6) is -2.04. The molecule has 2 fully saturated rings. The highest BCUT2D eigenvalue weighted by atomic mass is 16.6. The fraction of sp³-hybridized carbons (Fsp3) is 0.750. The summed E-state index contributed by atoms with van der Waals surface area (Å²) >= 11 is 0. The average Bonchev–Trinajstić information content (AvgIpc) is 2.82. The minimum absolute atomic E-state index is 0.289. The molecule has 0 aromatic rings. The van der Waals surface area contributed by atoms with Crippen LogP contribution in [0, 0.1) is 0 Å². The van der Waals surface area contributed by atoms with E-state index in [-0.39, 0.29) is 18.7 Å². The zero-order chi connectivity index (χ0) is 18.7. The molecule has 9 nitrogen and oxygen atoms in total. The first-order valence-electron chi connectivity index (χ1n) is 8.10. The highest BCUT2D eigenvalue weighted by Gasteiger charge is 2.53. The summed E-state index contributed by atoms with van der Waals surface area (Å²) in [5, 5.41) is 0. The highest BCUT2D eigenvalue weighted by Crippen LogP contribution is 2.34. The molecule has 2 aliphatic heterocycles. The van der Waals surface area contributed by atoms with Crippen molar-refractivity contribution in [2.75, 3.05) is 13.1 Å². The Balaban J connectivity index is 2.27. The first-order chi connectivity index (χ1) is 11.7. The molecule has 5 atom stereocenters. The van der Waals surface area contributed by atoms with Gasteiger partial charge in [-0.15, -0.1) is 0 Å². The zero-order valence-electron chi connectivity index (χ0n) is 14.7. The van der Waals surface area contributed by atoms with Crippen LogP contribution in [0.3, 0.4) is 0 Å². The second kappa shape index (κ2) is 7.81. The lowest BCUT2D eigenvalue weighted by atomic mass is 9.93. The Bertz CT molecular complexity index is 562. The number of esters is 4. The lowest BCUT2D eigenvalue weighted by Gasteiger charge is -2.43. The van der Waals surface area contributed by atoms with Crippen molar-refractivity contribution in [1.29, 1.82) is 0 Å². The van der Waals surface area contributed by atoms with Crippen LogP contribution in [-0.2, 0) is 38.1 Å². The molecule has 0 radical (unpaired) electrons. The second-order valence-electron chi connectivity index (χ2n) is 6.28. The molecule has 2 aliphatic rings. The average molecular weight is 357 g/mol. The van der Waals surface area contributed by atoms with Crippen molar-refractivity contribution in [2.24, 2.45) is 0 Å². The molecule has 2 rings (SSSR count). The van der Waals surface area contributed by atoms with Gasteiger partial charge in [0, 0.05) is 47.2 Å². The molecule has 0 aromatic heterocycles. The molecule has 0 N–H and O–H groups in total. The molecular weight excluding hydrogens is 334 g/mol. The van der Waals surface area contributed by atoms with E-state index in [4.69, 9.17) is 18.9 Å². The number of nitrogens with zero attached hydrogens (tertiary/aromatic N) is 1. The molecule has 25 heavy (non-hydrogen) atoms. The lowest BCUT2D eigenvalue weighted by Crippen LogP contribution is -2.62. The third kappa shape index (κ3) is 4.91. The molecule has 2 heterocycles. The smallest absolute Gasteiger partial charge is 0.303 e.